The average molecular weight is 282 g/mol. The summed E-state index contributed by atoms with van der Waals surface area (Å²) in [6.07, 6.45) is 1.00. The Labute approximate surface area is 117 Å². The lowest BCUT2D eigenvalue weighted by Crippen LogP contribution is -2.38. The Morgan fingerprint density at radius 3 is 3.00 bits per heavy atom. The van der Waals surface area contributed by atoms with Crippen LogP contribution in [-0.4, -0.2) is 36.9 Å². The van der Waals surface area contributed by atoms with Crippen LogP contribution < -0.4 is 10.6 Å². The van der Waals surface area contributed by atoms with Crippen molar-refractivity contribution >= 4 is 17.3 Å². The van der Waals surface area contributed by atoms with Gasteiger partial charge in [0.25, 0.3) is 0 Å². The van der Waals surface area contributed by atoms with Gasteiger partial charge in [-0.2, -0.15) is 0 Å². The molecule has 0 radical (unpaired) electrons. The average Bonchev–Trinajstić information content (AvgIpc) is 2.39. The van der Waals surface area contributed by atoms with Crippen LogP contribution in [0.5, 0.6) is 0 Å². The Hall–Kier alpha value is -1.82. The van der Waals surface area contributed by atoms with E-state index in [-0.39, 0.29) is 23.5 Å². The molecule has 1 heterocycles. The van der Waals surface area contributed by atoms with Gasteiger partial charge >= 0.3 is 5.97 Å². The monoisotopic (exact) mass is 282 g/mol. The standard InChI is InChI=1S/C14H19FN2O3/c1-2-20-14(19)10-6-13(11(15)7-12(10)16)17-5-3-4-9(18)8-17/h6-7,9,18H,2-5,8,16H2,1H3. The molecular weight excluding hydrogens is 263 g/mol. The van der Waals surface area contributed by atoms with Crippen molar-refractivity contribution in [1.29, 1.82) is 0 Å². The fourth-order valence-electron chi connectivity index (χ4n) is 2.38. The number of hydrogen-bond acceptors (Lipinski definition) is 5. The maximum Gasteiger partial charge on any atom is 0.340 e. The third-order valence-corrected chi connectivity index (χ3v) is 3.35. The number of ether oxygens (including phenoxy) is 1. The number of piperidine rings is 1. The van der Waals surface area contributed by atoms with Crippen LogP contribution in [-0.2, 0) is 4.74 Å². The highest BCUT2D eigenvalue weighted by Crippen LogP contribution is 2.28. The first-order valence-electron chi connectivity index (χ1n) is 6.72. The first-order valence-corrected chi connectivity index (χ1v) is 6.72. The fourth-order valence-corrected chi connectivity index (χ4v) is 2.38. The zero-order valence-electron chi connectivity index (χ0n) is 11.4. The van der Waals surface area contributed by atoms with Gasteiger partial charge in [-0.05, 0) is 31.9 Å². The number of β-amino-alcohol motifs (C(OH)–C–C–N with tert-alkyl or cyclic N) is 1. The lowest BCUT2D eigenvalue weighted by atomic mass is 10.1. The largest absolute Gasteiger partial charge is 0.462 e. The van der Waals surface area contributed by atoms with E-state index in [4.69, 9.17) is 10.5 Å². The second kappa shape index (κ2) is 6.09. The van der Waals surface area contributed by atoms with E-state index in [1.165, 1.54) is 6.07 Å². The van der Waals surface area contributed by atoms with E-state index in [2.05, 4.69) is 0 Å². The normalized spacial score (nSPS) is 18.9. The topological polar surface area (TPSA) is 75.8 Å². The lowest BCUT2D eigenvalue weighted by Gasteiger charge is -2.32. The van der Waals surface area contributed by atoms with E-state index in [0.717, 1.165) is 12.5 Å². The van der Waals surface area contributed by atoms with E-state index in [1.807, 2.05) is 0 Å². The van der Waals surface area contributed by atoms with Crippen LogP contribution >= 0.6 is 0 Å². The Morgan fingerprint density at radius 1 is 1.60 bits per heavy atom. The Morgan fingerprint density at radius 2 is 2.35 bits per heavy atom. The minimum atomic E-state index is -0.566. The van der Waals surface area contributed by atoms with Crippen LogP contribution in [0, 0.1) is 5.82 Å². The van der Waals surface area contributed by atoms with Gasteiger partial charge in [0, 0.05) is 18.8 Å². The first-order chi connectivity index (χ1) is 9.52. The summed E-state index contributed by atoms with van der Waals surface area (Å²) >= 11 is 0. The second-order valence-corrected chi connectivity index (χ2v) is 4.85. The van der Waals surface area contributed by atoms with Gasteiger partial charge in [0.1, 0.15) is 5.82 Å². The van der Waals surface area contributed by atoms with Crippen molar-refractivity contribution in [3.8, 4) is 0 Å². The molecule has 1 fully saturated rings. The number of rotatable bonds is 3. The minimum absolute atomic E-state index is 0.0576. The van der Waals surface area contributed by atoms with Gasteiger partial charge in [-0.25, -0.2) is 9.18 Å². The summed E-state index contributed by atoms with van der Waals surface area (Å²) < 4.78 is 18.9. The molecule has 5 nitrogen and oxygen atoms in total. The molecule has 2 rings (SSSR count). The summed E-state index contributed by atoms with van der Waals surface area (Å²) in [6.45, 7) is 2.91. The molecular formula is C14H19FN2O3. The smallest absolute Gasteiger partial charge is 0.340 e. The highest BCUT2D eigenvalue weighted by molar-refractivity contribution is 5.96. The number of carbonyl (C=O) groups is 1. The van der Waals surface area contributed by atoms with E-state index >= 15 is 0 Å². The van der Waals surface area contributed by atoms with Gasteiger partial charge in [-0.1, -0.05) is 0 Å². The quantitative estimate of drug-likeness (QED) is 0.650. The number of benzene rings is 1. The molecule has 20 heavy (non-hydrogen) atoms. The van der Waals surface area contributed by atoms with Crippen molar-refractivity contribution in [3.63, 3.8) is 0 Å². The molecule has 1 atom stereocenters. The second-order valence-electron chi connectivity index (χ2n) is 4.85. The summed E-state index contributed by atoms with van der Waals surface area (Å²) in [5.74, 6) is -1.06. The molecule has 0 bridgehead atoms. The van der Waals surface area contributed by atoms with Gasteiger partial charge in [-0.3, -0.25) is 0 Å². The van der Waals surface area contributed by atoms with Crippen molar-refractivity contribution in [2.24, 2.45) is 0 Å². The number of anilines is 2. The SMILES string of the molecule is CCOC(=O)c1cc(N2CCCC(O)C2)c(F)cc1N. The van der Waals surface area contributed by atoms with E-state index in [0.29, 0.717) is 19.5 Å². The van der Waals surface area contributed by atoms with E-state index in [1.54, 1.807) is 11.8 Å². The molecule has 110 valence electrons. The maximum absolute atomic E-state index is 14.0. The van der Waals surface area contributed by atoms with Crippen molar-refractivity contribution < 1.29 is 19.0 Å². The molecule has 1 aromatic rings. The lowest BCUT2D eigenvalue weighted by molar-refractivity contribution is 0.0527. The highest BCUT2D eigenvalue weighted by Gasteiger charge is 2.23. The van der Waals surface area contributed by atoms with Crippen LogP contribution in [0.15, 0.2) is 12.1 Å². The number of aliphatic hydroxyl groups excluding tert-OH is 1. The van der Waals surface area contributed by atoms with E-state index in [9.17, 15) is 14.3 Å². The fraction of sp³-hybridized carbons (Fsp3) is 0.500. The number of nitrogens with zero attached hydrogens (tertiary/aromatic N) is 1. The Kier molecular flexibility index (Phi) is 4.44. The van der Waals surface area contributed by atoms with Crippen LogP contribution in [0.2, 0.25) is 0 Å². The number of esters is 1. The van der Waals surface area contributed by atoms with Crippen LogP contribution in [0.3, 0.4) is 0 Å². The van der Waals surface area contributed by atoms with Gasteiger partial charge in [0.2, 0.25) is 0 Å². The molecule has 1 aliphatic heterocycles. The summed E-state index contributed by atoms with van der Waals surface area (Å²) in [5.41, 5.74) is 6.16. The third kappa shape index (κ3) is 3.01. The van der Waals surface area contributed by atoms with Gasteiger partial charge < -0.3 is 20.5 Å². The molecule has 1 unspecified atom stereocenters. The van der Waals surface area contributed by atoms with Crippen molar-refractivity contribution in [1.82, 2.24) is 0 Å². The van der Waals surface area contributed by atoms with Crippen molar-refractivity contribution in [3.05, 3.63) is 23.5 Å². The summed E-state index contributed by atoms with van der Waals surface area (Å²) in [6, 6.07) is 2.53. The molecule has 0 spiro atoms. The molecule has 6 heteroatoms. The zero-order chi connectivity index (χ0) is 14.7. The molecule has 1 saturated heterocycles. The predicted molar refractivity (Wildman–Crippen MR) is 74.2 cm³/mol. The summed E-state index contributed by atoms with van der Waals surface area (Å²) in [4.78, 5) is 13.5. The van der Waals surface area contributed by atoms with Crippen LogP contribution in [0.25, 0.3) is 0 Å². The minimum Gasteiger partial charge on any atom is -0.462 e. The molecule has 0 aromatic heterocycles. The number of aliphatic hydroxyl groups is 1. The predicted octanol–water partition coefficient (Wildman–Crippen LogP) is 1.55. The highest BCUT2D eigenvalue weighted by atomic mass is 19.1. The van der Waals surface area contributed by atoms with Crippen molar-refractivity contribution in [2.75, 3.05) is 30.3 Å². The first kappa shape index (κ1) is 14.6. The maximum atomic E-state index is 14.0. The van der Waals surface area contributed by atoms with Gasteiger partial charge in [0.05, 0.1) is 24.0 Å². The number of nitrogens with two attached hydrogens (primary N) is 1. The number of carbonyl (C=O) groups excluding carboxylic acids is 1. The van der Waals surface area contributed by atoms with Crippen LogP contribution in [0.1, 0.15) is 30.1 Å². The van der Waals surface area contributed by atoms with Gasteiger partial charge in [0.15, 0.2) is 0 Å². The molecule has 1 aromatic carbocycles. The van der Waals surface area contributed by atoms with Crippen LogP contribution in [0.4, 0.5) is 15.8 Å². The molecule has 0 amide bonds. The molecule has 0 aliphatic carbocycles. The summed E-state index contributed by atoms with van der Waals surface area (Å²) in [5, 5.41) is 9.67. The van der Waals surface area contributed by atoms with Crippen molar-refractivity contribution in [2.45, 2.75) is 25.9 Å². The zero-order valence-corrected chi connectivity index (χ0v) is 11.4. The number of nitrogen functional groups attached to an aromatic ring is 1. The molecule has 3 N–H and O–H groups in total. The van der Waals surface area contributed by atoms with Gasteiger partial charge in [-0.15, -0.1) is 0 Å². The third-order valence-electron chi connectivity index (χ3n) is 3.35. The number of hydrogen-bond donors (Lipinski definition) is 2. The Balaban J connectivity index is 2.33. The molecule has 0 saturated carbocycles. The Bertz CT molecular complexity index is 507. The van der Waals surface area contributed by atoms with E-state index < -0.39 is 17.9 Å². The number of halogens is 1. The molecule has 1 aliphatic rings. The summed E-state index contributed by atoms with van der Waals surface area (Å²) in [7, 11) is 0.